The van der Waals surface area contributed by atoms with Crippen LogP contribution >= 0.6 is 0 Å². The fourth-order valence-corrected chi connectivity index (χ4v) is 4.46. The van der Waals surface area contributed by atoms with Crippen LogP contribution in [0, 0.1) is 5.92 Å². The highest BCUT2D eigenvalue weighted by molar-refractivity contribution is 5.91. The van der Waals surface area contributed by atoms with Gasteiger partial charge in [-0.2, -0.15) is 0 Å². The third-order valence-electron chi connectivity index (χ3n) is 6.28. The molecular formula is C22H30N2O3. The van der Waals surface area contributed by atoms with Crippen molar-refractivity contribution in [2.75, 3.05) is 13.2 Å². The fraction of sp³-hybridized carbons (Fsp3) is 0.500. The number of benzene rings is 1. The molecule has 2 atom stereocenters. The molecule has 1 aliphatic carbocycles. The molecule has 0 spiro atoms. The van der Waals surface area contributed by atoms with Crippen LogP contribution in [0.15, 0.2) is 30.3 Å². The van der Waals surface area contributed by atoms with E-state index >= 15 is 0 Å². The lowest BCUT2D eigenvalue weighted by Crippen LogP contribution is -2.45. The first kappa shape index (κ1) is 19.3. The van der Waals surface area contributed by atoms with Crippen molar-refractivity contribution in [2.45, 2.75) is 52.4 Å². The van der Waals surface area contributed by atoms with E-state index in [2.05, 4.69) is 20.8 Å². The highest BCUT2D eigenvalue weighted by Gasteiger charge is 2.59. The summed E-state index contributed by atoms with van der Waals surface area (Å²) in [6, 6.07) is 9.96. The molecule has 0 saturated heterocycles. The number of nitrogens with zero attached hydrogens (tertiary/aromatic N) is 1. The maximum Gasteiger partial charge on any atom is 0.228 e. The maximum atomic E-state index is 12.7. The summed E-state index contributed by atoms with van der Waals surface area (Å²) in [5.74, 6) is 1.07. The lowest BCUT2D eigenvalue weighted by Gasteiger charge is -2.35. The number of rotatable bonds is 6. The third kappa shape index (κ3) is 2.55. The Bertz CT molecular complexity index is 854. The second-order valence-electron chi connectivity index (χ2n) is 7.91. The fourth-order valence-electron chi connectivity index (χ4n) is 4.46. The molecule has 1 aromatic heterocycles. The van der Waals surface area contributed by atoms with Crippen LogP contribution in [0.25, 0.3) is 5.69 Å². The van der Waals surface area contributed by atoms with Crippen molar-refractivity contribution in [1.82, 2.24) is 4.57 Å². The number of aromatic nitrogens is 1. The number of carbonyl (C=O) groups is 1. The van der Waals surface area contributed by atoms with Crippen LogP contribution in [-0.4, -0.2) is 23.7 Å². The third-order valence-corrected chi connectivity index (χ3v) is 6.28. The van der Waals surface area contributed by atoms with Gasteiger partial charge in [0.2, 0.25) is 17.7 Å². The van der Waals surface area contributed by atoms with E-state index in [0.717, 1.165) is 22.7 Å². The van der Waals surface area contributed by atoms with Crippen LogP contribution in [0.1, 0.15) is 52.7 Å². The zero-order valence-electron chi connectivity index (χ0n) is 17.1. The van der Waals surface area contributed by atoms with Crippen LogP contribution in [-0.2, 0) is 15.6 Å². The summed E-state index contributed by atoms with van der Waals surface area (Å²) in [5.41, 5.74) is 7.64. The lowest BCUT2D eigenvalue weighted by atomic mass is 9.69. The standard InChI is InChI=1S/C22H30N2O3/c1-7-26-18-16-17(22(6,20(23)25)14(3)21(16,4)5)19(27-8-2)24(18)15-12-10-9-11-13-15/h9-14H,7-8H2,1-6H3,(H2,23,25). The maximum absolute atomic E-state index is 12.7. The monoisotopic (exact) mass is 370 g/mol. The summed E-state index contributed by atoms with van der Waals surface area (Å²) in [6.45, 7) is 13.2. The molecule has 1 heterocycles. The Kier molecular flexibility index (Phi) is 4.74. The number of fused-ring (bicyclic) bond motifs is 1. The molecule has 0 fully saturated rings. The Balaban J connectivity index is 2.46. The average molecular weight is 370 g/mol. The highest BCUT2D eigenvalue weighted by atomic mass is 16.5. The van der Waals surface area contributed by atoms with Crippen molar-refractivity contribution in [3.05, 3.63) is 41.5 Å². The largest absolute Gasteiger partial charge is 0.479 e. The summed E-state index contributed by atoms with van der Waals surface area (Å²) in [5, 5.41) is 0. The quantitative estimate of drug-likeness (QED) is 0.837. The predicted molar refractivity (Wildman–Crippen MR) is 107 cm³/mol. The first-order valence-electron chi connectivity index (χ1n) is 9.63. The summed E-state index contributed by atoms with van der Waals surface area (Å²) in [6.07, 6.45) is 0. The van der Waals surface area contributed by atoms with Crippen molar-refractivity contribution in [3.8, 4) is 17.4 Å². The minimum Gasteiger partial charge on any atom is -0.479 e. The Labute approximate surface area is 161 Å². The van der Waals surface area contributed by atoms with Crippen molar-refractivity contribution in [2.24, 2.45) is 11.7 Å². The smallest absolute Gasteiger partial charge is 0.228 e. The predicted octanol–water partition coefficient (Wildman–Crippen LogP) is 3.95. The molecule has 0 radical (unpaired) electrons. The zero-order chi connectivity index (χ0) is 20.0. The Morgan fingerprint density at radius 1 is 1.04 bits per heavy atom. The van der Waals surface area contributed by atoms with Gasteiger partial charge in [-0.3, -0.25) is 9.36 Å². The van der Waals surface area contributed by atoms with Crippen molar-refractivity contribution >= 4 is 5.91 Å². The summed E-state index contributed by atoms with van der Waals surface area (Å²) >= 11 is 0. The van der Waals surface area contributed by atoms with Crippen molar-refractivity contribution < 1.29 is 14.3 Å². The first-order valence-corrected chi connectivity index (χ1v) is 9.63. The van der Waals surface area contributed by atoms with Gasteiger partial charge in [0.1, 0.15) is 0 Å². The molecule has 1 amide bonds. The van der Waals surface area contributed by atoms with E-state index in [1.54, 1.807) is 0 Å². The molecular weight excluding hydrogens is 340 g/mol. The number of nitrogens with two attached hydrogens (primary N) is 1. The molecule has 1 aliphatic rings. The van der Waals surface area contributed by atoms with E-state index in [9.17, 15) is 4.79 Å². The number of ether oxygens (including phenoxy) is 2. The van der Waals surface area contributed by atoms with Gasteiger partial charge in [0.15, 0.2) is 0 Å². The highest BCUT2D eigenvalue weighted by Crippen LogP contribution is 2.61. The molecule has 2 aromatic rings. The summed E-state index contributed by atoms with van der Waals surface area (Å²) in [4.78, 5) is 12.7. The average Bonchev–Trinajstić information content (AvgIpc) is 3.03. The summed E-state index contributed by atoms with van der Waals surface area (Å²) < 4.78 is 14.3. The van der Waals surface area contributed by atoms with E-state index < -0.39 is 5.41 Å². The van der Waals surface area contributed by atoms with Gasteiger partial charge in [-0.1, -0.05) is 39.0 Å². The number of carbonyl (C=O) groups excluding carboxylic acids is 1. The SMILES string of the molecule is CCOc1c2c(c(OCC)n1-c1ccccc1)C(C)(C(N)=O)C(C)C2(C)C. The van der Waals surface area contributed by atoms with Gasteiger partial charge in [-0.05, 0) is 44.2 Å². The van der Waals surface area contributed by atoms with E-state index in [0.29, 0.717) is 19.1 Å². The minimum atomic E-state index is -0.838. The van der Waals surface area contributed by atoms with Gasteiger partial charge in [-0.25, -0.2) is 0 Å². The minimum absolute atomic E-state index is 0.0105. The lowest BCUT2D eigenvalue weighted by molar-refractivity contribution is -0.125. The molecule has 0 bridgehead atoms. The van der Waals surface area contributed by atoms with Crippen molar-refractivity contribution in [1.29, 1.82) is 0 Å². The van der Waals surface area contributed by atoms with Crippen LogP contribution in [0.3, 0.4) is 0 Å². The Morgan fingerprint density at radius 3 is 2.04 bits per heavy atom. The molecule has 146 valence electrons. The Morgan fingerprint density at radius 2 is 1.56 bits per heavy atom. The molecule has 2 N–H and O–H groups in total. The molecule has 27 heavy (non-hydrogen) atoms. The molecule has 3 rings (SSSR count). The normalized spacial score (nSPS) is 23.1. The van der Waals surface area contributed by atoms with Crippen LogP contribution in [0.4, 0.5) is 0 Å². The first-order chi connectivity index (χ1) is 12.7. The molecule has 0 saturated carbocycles. The molecule has 5 nitrogen and oxygen atoms in total. The summed E-state index contributed by atoms with van der Waals surface area (Å²) in [7, 11) is 0. The van der Waals surface area contributed by atoms with E-state index in [-0.39, 0.29) is 17.2 Å². The number of amides is 1. The van der Waals surface area contributed by atoms with Crippen LogP contribution < -0.4 is 15.2 Å². The number of hydrogen-bond acceptors (Lipinski definition) is 3. The van der Waals surface area contributed by atoms with Gasteiger partial charge < -0.3 is 15.2 Å². The second-order valence-corrected chi connectivity index (χ2v) is 7.91. The van der Waals surface area contributed by atoms with Gasteiger partial charge in [0.25, 0.3) is 0 Å². The molecule has 1 aromatic carbocycles. The molecule has 5 heteroatoms. The number of hydrogen-bond donors (Lipinski definition) is 1. The van der Waals surface area contributed by atoms with Gasteiger partial charge in [0, 0.05) is 11.1 Å². The van der Waals surface area contributed by atoms with Gasteiger partial charge in [-0.15, -0.1) is 0 Å². The van der Waals surface area contributed by atoms with Crippen LogP contribution in [0.5, 0.6) is 11.8 Å². The van der Waals surface area contributed by atoms with Gasteiger partial charge in [0.05, 0.1) is 24.3 Å². The molecule has 0 aliphatic heterocycles. The number of para-hydroxylation sites is 1. The van der Waals surface area contributed by atoms with E-state index in [1.165, 1.54) is 0 Å². The van der Waals surface area contributed by atoms with E-state index in [1.807, 2.05) is 55.7 Å². The topological polar surface area (TPSA) is 66.5 Å². The van der Waals surface area contributed by atoms with E-state index in [4.69, 9.17) is 15.2 Å². The van der Waals surface area contributed by atoms with Crippen LogP contribution in [0.2, 0.25) is 0 Å². The zero-order valence-corrected chi connectivity index (χ0v) is 17.1. The second kappa shape index (κ2) is 6.63. The van der Waals surface area contributed by atoms with Gasteiger partial charge >= 0.3 is 0 Å². The Hall–Kier alpha value is -2.43. The van der Waals surface area contributed by atoms with Crippen molar-refractivity contribution in [3.63, 3.8) is 0 Å². The molecule has 2 unspecified atom stereocenters. The number of primary amides is 1.